The molecule has 0 saturated carbocycles. The largest absolute Gasteiger partial charge is 0.465 e. The second-order valence-electron chi connectivity index (χ2n) is 5.35. The zero-order valence-electron chi connectivity index (χ0n) is 12.7. The average Bonchev–Trinajstić information content (AvgIpc) is 3.33. The number of nitrogens with zero attached hydrogens (tertiary/aromatic N) is 1. The topological polar surface area (TPSA) is 64.4 Å². The molecule has 0 aliphatic carbocycles. The van der Waals surface area contributed by atoms with E-state index in [0.717, 1.165) is 11.3 Å². The number of nitrogens with one attached hydrogen (secondary N) is 1. The summed E-state index contributed by atoms with van der Waals surface area (Å²) in [5, 5.41) is 5.26. The molecule has 4 rings (SSSR count). The minimum atomic E-state index is -0.241. The van der Waals surface area contributed by atoms with Crippen LogP contribution in [0.5, 0.6) is 0 Å². The summed E-state index contributed by atoms with van der Waals surface area (Å²) >= 11 is 1.40. The molecule has 24 heavy (non-hydrogen) atoms. The highest BCUT2D eigenvalue weighted by Gasteiger charge is 2.13. The molecule has 0 radical (unpaired) electrons. The van der Waals surface area contributed by atoms with E-state index in [9.17, 15) is 4.79 Å². The first-order valence-corrected chi connectivity index (χ1v) is 8.34. The molecule has 1 aliphatic heterocycles. The van der Waals surface area contributed by atoms with Gasteiger partial charge in [0.2, 0.25) is 5.91 Å². The number of amides is 1. The van der Waals surface area contributed by atoms with Gasteiger partial charge in [-0.2, -0.15) is 0 Å². The van der Waals surface area contributed by atoms with E-state index in [0.29, 0.717) is 24.1 Å². The summed E-state index contributed by atoms with van der Waals surface area (Å²) in [5.74, 6) is 0.389. The standard InChI is InChI=1S/C18H14N2O3S/c21-17(6-5-15-2-1-7-23-15)20-18-19-16(11-24-18)12-3-4-13-9-22-10-14(13)8-12/h1-8,11H,9-10H2,(H,19,20,21)/b6-5+. The van der Waals surface area contributed by atoms with E-state index in [4.69, 9.17) is 9.15 Å². The molecule has 0 bridgehead atoms. The monoisotopic (exact) mass is 338 g/mol. The van der Waals surface area contributed by atoms with Crippen molar-refractivity contribution in [3.05, 3.63) is 64.9 Å². The predicted octanol–water partition coefficient (Wildman–Crippen LogP) is 4.09. The Bertz CT molecular complexity index is 897. The molecular formula is C18H14N2O3S. The second kappa shape index (κ2) is 6.43. The third-order valence-corrected chi connectivity index (χ3v) is 4.45. The van der Waals surface area contributed by atoms with Crippen molar-refractivity contribution in [2.24, 2.45) is 0 Å². The Labute approximate surface area is 142 Å². The van der Waals surface area contributed by atoms with E-state index in [1.807, 2.05) is 11.4 Å². The molecule has 3 aromatic rings. The van der Waals surface area contributed by atoms with Crippen LogP contribution in [-0.4, -0.2) is 10.9 Å². The van der Waals surface area contributed by atoms with E-state index >= 15 is 0 Å². The van der Waals surface area contributed by atoms with Crippen LogP contribution in [-0.2, 0) is 22.7 Å². The van der Waals surface area contributed by atoms with Gasteiger partial charge in [-0.1, -0.05) is 12.1 Å². The van der Waals surface area contributed by atoms with Gasteiger partial charge in [-0.25, -0.2) is 4.98 Å². The van der Waals surface area contributed by atoms with Crippen molar-refractivity contribution >= 4 is 28.5 Å². The van der Waals surface area contributed by atoms with Gasteiger partial charge in [-0.05, 0) is 35.4 Å². The van der Waals surface area contributed by atoms with Crippen LogP contribution in [0.15, 0.2) is 52.5 Å². The van der Waals surface area contributed by atoms with Crippen molar-refractivity contribution in [3.8, 4) is 11.3 Å². The summed E-state index contributed by atoms with van der Waals surface area (Å²) in [7, 11) is 0. The fraction of sp³-hybridized carbons (Fsp3) is 0.111. The Morgan fingerprint density at radius 3 is 3.04 bits per heavy atom. The van der Waals surface area contributed by atoms with E-state index in [2.05, 4.69) is 22.4 Å². The zero-order valence-corrected chi connectivity index (χ0v) is 13.5. The lowest BCUT2D eigenvalue weighted by Crippen LogP contribution is -2.07. The normalized spacial score (nSPS) is 13.3. The Morgan fingerprint density at radius 1 is 1.25 bits per heavy atom. The predicted molar refractivity (Wildman–Crippen MR) is 92.4 cm³/mol. The summed E-state index contributed by atoms with van der Waals surface area (Å²) in [6.45, 7) is 1.32. The van der Waals surface area contributed by atoms with E-state index in [1.165, 1.54) is 28.5 Å². The summed E-state index contributed by atoms with van der Waals surface area (Å²) in [6.07, 6.45) is 4.60. The first-order valence-electron chi connectivity index (χ1n) is 7.46. The van der Waals surface area contributed by atoms with E-state index < -0.39 is 0 Å². The molecule has 1 aromatic carbocycles. The van der Waals surface area contributed by atoms with Gasteiger partial charge in [-0.15, -0.1) is 11.3 Å². The van der Waals surface area contributed by atoms with Crippen LogP contribution < -0.4 is 5.32 Å². The van der Waals surface area contributed by atoms with Crippen molar-refractivity contribution in [1.29, 1.82) is 0 Å². The van der Waals surface area contributed by atoms with Crippen LogP contribution >= 0.6 is 11.3 Å². The number of anilines is 1. The Morgan fingerprint density at radius 2 is 2.17 bits per heavy atom. The van der Waals surface area contributed by atoms with Gasteiger partial charge in [0.05, 0.1) is 25.2 Å². The smallest absolute Gasteiger partial charge is 0.250 e. The summed E-state index contributed by atoms with van der Waals surface area (Å²) in [4.78, 5) is 16.4. The number of aromatic nitrogens is 1. The highest BCUT2D eigenvalue weighted by Crippen LogP contribution is 2.29. The molecule has 3 heterocycles. The number of carbonyl (C=O) groups is 1. The zero-order chi connectivity index (χ0) is 16.4. The van der Waals surface area contributed by atoms with Crippen LogP contribution in [0, 0.1) is 0 Å². The van der Waals surface area contributed by atoms with Crippen molar-refractivity contribution in [2.75, 3.05) is 5.32 Å². The third kappa shape index (κ3) is 3.15. The van der Waals surface area contributed by atoms with Crippen molar-refractivity contribution in [3.63, 3.8) is 0 Å². The summed E-state index contributed by atoms with van der Waals surface area (Å²) < 4.78 is 10.6. The number of hydrogen-bond acceptors (Lipinski definition) is 5. The SMILES string of the molecule is O=C(/C=C/c1ccco1)Nc1nc(-c2ccc3c(c2)COC3)cs1. The molecule has 0 spiro atoms. The number of hydrogen-bond donors (Lipinski definition) is 1. The number of benzene rings is 1. The minimum absolute atomic E-state index is 0.241. The van der Waals surface area contributed by atoms with Gasteiger partial charge >= 0.3 is 0 Å². The molecule has 0 fully saturated rings. The Balaban J connectivity index is 1.46. The summed E-state index contributed by atoms with van der Waals surface area (Å²) in [5.41, 5.74) is 4.31. The van der Waals surface area contributed by atoms with Crippen LogP contribution in [0.25, 0.3) is 17.3 Å². The van der Waals surface area contributed by atoms with Crippen LogP contribution in [0.1, 0.15) is 16.9 Å². The molecule has 2 aromatic heterocycles. The molecular weight excluding hydrogens is 324 g/mol. The lowest BCUT2D eigenvalue weighted by Gasteiger charge is -2.00. The lowest BCUT2D eigenvalue weighted by atomic mass is 10.1. The number of ether oxygens (including phenoxy) is 1. The molecule has 6 heteroatoms. The Hall–Kier alpha value is -2.70. The van der Waals surface area contributed by atoms with Gasteiger partial charge in [0.1, 0.15) is 5.76 Å². The number of carbonyl (C=O) groups excluding carboxylic acids is 1. The van der Waals surface area contributed by atoms with E-state index in [-0.39, 0.29) is 5.91 Å². The van der Waals surface area contributed by atoms with Gasteiger partial charge in [0.15, 0.2) is 5.13 Å². The van der Waals surface area contributed by atoms with E-state index in [1.54, 1.807) is 24.5 Å². The quantitative estimate of drug-likeness (QED) is 0.728. The fourth-order valence-electron chi connectivity index (χ4n) is 2.49. The first-order chi connectivity index (χ1) is 11.8. The van der Waals surface area contributed by atoms with Crippen LogP contribution in [0.3, 0.4) is 0 Å². The highest BCUT2D eigenvalue weighted by atomic mass is 32.1. The molecule has 120 valence electrons. The number of rotatable bonds is 4. The Kier molecular flexibility index (Phi) is 3.98. The molecule has 0 atom stereocenters. The van der Waals surface area contributed by atoms with Gasteiger partial charge < -0.3 is 9.15 Å². The average molecular weight is 338 g/mol. The summed E-state index contributed by atoms with van der Waals surface area (Å²) in [6, 6.07) is 9.75. The van der Waals surface area contributed by atoms with Crippen LogP contribution in [0.4, 0.5) is 5.13 Å². The molecule has 1 N–H and O–H groups in total. The van der Waals surface area contributed by atoms with Gasteiger partial charge in [0, 0.05) is 17.0 Å². The number of thiazole rings is 1. The maximum atomic E-state index is 11.9. The van der Waals surface area contributed by atoms with Crippen LogP contribution in [0.2, 0.25) is 0 Å². The molecule has 0 unspecified atom stereocenters. The van der Waals surface area contributed by atoms with Crippen molar-refractivity contribution in [1.82, 2.24) is 4.98 Å². The number of fused-ring (bicyclic) bond motifs is 1. The second-order valence-corrected chi connectivity index (χ2v) is 6.21. The fourth-order valence-corrected chi connectivity index (χ4v) is 3.21. The van der Waals surface area contributed by atoms with Gasteiger partial charge in [0.25, 0.3) is 0 Å². The van der Waals surface area contributed by atoms with Crippen molar-refractivity contribution in [2.45, 2.75) is 13.2 Å². The maximum absolute atomic E-state index is 11.9. The van der Waals surface area contributed by atoms with Gasteiger partial charge in [-0.3, -0.25) is 10.1 Å². The van der Waals surface area contributed by atoms with Crippen molar-refractivity contribution < 1.29 is 13.9 Å². The third-order valence-electron chi connectivity index (χ3n) is 3.69. The highest BCUT2D eigenvalue weighted by molar-refractivity contribution is 7.14. The minimum Gasteiger partial charge on any atom is -0.465 e. The number of furan rings is 1. The molecule has 1 aliphatic rings. The first kappa shape index (κ1) is 14.9. The lowest BCUT2D eigenvalue weighted by molar-refractivity contribution is -0.111. The molecule has 0 saturated heterocycles. The maximum Gasteiger partial charge on any atom is 0.250 e. The molecule has 5 nitrogen and oxygen atoms in total. The molecule has 1 amide bonds.